The largest absolute Gasteiger partial charge is 0.480 e. The lowest BCUT2D eigenvalue weighted by atomic mass is 9.98. The summed E-state index contributed by atoms with van der Waals surface area (Å²) in [5.74, 6) is -4.95. The molecule has 0 aromatic carbocycles. The molecule has 0 aliphatic heterocycles. The van der Waals surface area contributed by atoms with Gasteiger partial charge in [0.25, 0.3) is 5.54 Å². The van der Waals surface area contributed by atoms with E-state index >= 15 is 0 Å². The Hall–Kier alpha value is -2.42. The van der Waals surface area contributed by atoms with Crippen LogP contribution in [0.4, 0.5) is 0 Å². The SMILES string of the molecule is NC(C/C=C/C(NC=O)(C(=O)O)C(=O)O)C(=O)O. The van der Waals surface area contributed by atoms with Crippen molar-refractivity contribution < 1.29 is 34.5 Å². The van der Waals surface area contributed by atoms with Crippen molar-refractivity contribution in [1.82, 2.24) is 5.32 Å². The minimum atomic E-state index is -2.64. The molecule has 0 aliphatic carbocycles. The monoisotopic (exact) mass is 260 g/mol. The fraction of sp³-hybridized carbons (Fsp3) is 0.333. The number of aliphatic carboxylic acids is 3. The molecule has 0 aliphatic rings. The number of amides is 1. The van der Waals surface area contributed by atoms with E-state index in [1.807, 2.05) is 0 Å². The Bertz CT molecular complexity index is 376. The molecule has 0 fully saturated rings. The van der Waals surface area contributed by atoms with E-state index in [0.29, 0.717) is 6.08 Å². The Kier molecular flexibility index (Phi) is 5.49. The normalized spacial score (nSPS) is 12.9. The van der Waals surface area contributed by atoms with Gasteiger partial charge >= 0.3 is 17.9 Å². The van der Waals surface area contributed by atoms with Crippen molar-refractivity contribution in [2.24, 2.45) is 5.73 Å². The molecule has 0 saturated carbocycles. The smallest absolute Gasteiger partial charge is 0.345 e. The molecule has 0 rings (SSSR count). The van der Waals surface area contributed by atoms with Gasteiger partial charge < -0.3 is 26.4 Å². The fourth-order valence-electron chi connectivity index (χ4n) is 0.991. The van der Waals surface area contributed by atoms with Gasteiger partial charge in [0.1, 0.15) is 6.04 Å². The van der Waals surface area contributed by atoms with Crippen molar-refractivity contribution >= 4 is 24.3 Å². The highest BCUT2D eigenvalue weighted by molar-refractivity contribution is 6.07. The third kappa shape index (κ3) is 3.56. The van der Waals surface area contributed by atoms with Gasteiger partial charge in [0, 0.05) is 0 Å². The van der Waals surface area contributed by atoms with E-state index < -0.39 is 29.5 Å². The number of nitrogens with one attached hydrogen (secondary N) is 1. The van der Waals surface area contributed by atoms with Crippen LogP contribution < -0.4 is 11.1 Å². The molecular formula is C9H12N2O7. The molecule has 9 heteroatoms. The molecule has 0 radical (unpaired) electrons. The van der Waals surface area contributed by atoms with Gasteiger partial charge in [0.05, 0.1) is 0 Å². The maximum atomic E-state index is 10.9. The maximum Gasteiger partial charge on any atom is 0.345 e. The van der Waals surface area contributed by atoms with Crippen molar-refractivity contribution in [3.05, 3.63) is 12.2 Å². The Morgan fingerprint density at radius 2 is 1.72 bits per heavy atom. The third-order valence-electron chi connectivity index (χ3n) is 2.04. The lowest BCUT2D eigenvalue weighted by Gasteiger charge is -2.19. The maximum absolute atomic E-state index is 10.9. The summed E-state index contributed by atoms with van der Waals surface area (Å²) in [7, 11) is 0. The topological polar surface area (TPSA) is 167 Å². The number of carbonyl (C=O) groups excluding carboxylic acids is 1. The van der Waals surface area contributed by atoms with Crippen molar-refractivity contribution in [1.29, 1.82) is 0 Å². The van der Waals surface area contributed by atoms with Crippen molar-refractivity contribution in [3.8, 4) is 0 Å². The van der Waals surface area contributed by atoms with Crippen LogP contribution in [0.15, 0.2) is 12.2 Å². The Morgan fingerprint density at radius 1 is 1.22 bits per heavy atom. The molecule has 0 heterocycles. The quantitative estimate of drug-likeness (QED) is 0.190. The van der Waals surface area contributed by atoms with E-state index in [2.05, 4.69) is 0 Å². The zero-order chi connectivity index (χ0) is 14.3. The summed E-state index contributed by atoms with van der Waals surface area (Å²) in [6.07, 6.45) is 1.27. The molecule has 0 aromatic rings. The summed E-state index contributed by atoms with van der Waals surface area (Å²) in [5.41, 5.74) is 2.50. The highest BCUT2D eigenvalue weighted by Crippen LogP contribution is 2.09. The first-order valence-corrected chi connectivity index (χ1v) is 4.62. The van der Waals surface area contributed by atoms with Crippen molar-refractivity contribution in [3.63, 3.8) is 0 Å². The van der Waals surface area contributed by atoms with Crippen LogP contribution in [0.3, 0.4) is 0 Å². The Labute approximate surface area is 101 Å². The van der Waals surface area contributed by atoms with Crippen molar-refractivity contribution in [2.75, 3.05) is 0 Å². The lowest BCUT2D eigenvalue weighted by molar-refractivity contribution is -0.157. The number of rotatable bonds is 8. The molecule has 100 valence electrons. The minimum absolute atomic E-state index is 0.0797. The van der Waals surface area contributed by atoms with Crippen LogP contribution in [0.25, 0.3) is 0 Å². The van der Waals surface area contributed by atoms with Crippen molar-refractivity contribution in [2.45, 2.75) is 18.0 Å². The number of carboxylic acids is 3. The molecule has 0 spiro atoms. The van der Waals surface area contributed by atoms with Crippen LogP contribution in [0.1, 0.15) is 6.42 Å². The van der Waals surface area contributed by atoms with Crippen LogP contribution in [0.5, 0.6) is 0 Å². The average Bonchev–Trinajstić information content (AvgIpc) is 2.26. The Balaban J connectivity index is 5.06. The number of hydrogen-bond donors (Lipinski definition) is 5. The summed E-state index contributed by atoms with van der Waals surface area (Å²) in [6, 6.07) is -1.29. The van der Waals surface area contributed by atoms with Gasteiger partial charge in [-0.15, -0.1) is 0 Å². The van der Waals surface area contributed by atoms with Gasteiger partial charge in [0.15, 0.2) is 0 Å². The van der Waals surface area contributed by atoms with E-state index in [1.165, 1.54) is 0 Å². The average molecular weight is 260 g/mol. The zero-order valence-electron chi connectivity index (χ0n) is 9.07. The minimum Gasteiger partial charge on any atom is -0.480 e. The third-order valence-corrected chi connectivity index (χ3v) is 2.04. The van der Waals surface area contributed by atoms with E-state index in [0.717, 1.165) is 6.08 Å². The van der Waals surface area contributed by atoms with Gasteiger partial charge in [-0.25, -0.2) is 9.59 Å². The molecule has 9 nitrogen and oxygen atoms in total. The van der Waals surface area contributed by atoms with Gasteiger partial charge in [-0.05, 0) is 12.5 Å². The van der Waals surface area contributed by atoms with Crippen LogP contribution in [0.2, 0.25) is 0 Å². The van der Waals surface area contributed by atoms with E-state index in [4.69, 9.17) is 21.1 Å². The zero-order valence-corrected chi connectivity index (χ0v) is 9.07. The van der Waals surface area contributed by atoms with Crippen LogP contribution >= 0.6 is 0 Å². The second-order valence-corrected chi connectivity index (χ2v) is 3.26. The van der Waals surface area contributed by atoms with Gasteiger partial charge in [-0.1, -0.05) is 6.08 Å². The second-order valence-electron chi connectivity index (χ2n) is 3.26. The summed E-state index contributed by atoms with van der Waals surface area (Å²) < 4.78 is 0. The number of carboxylic acid groups (broad SMARTS) is 3. The van der Waals surface area contributed by atoms with Gasteiger partial charge in [-0.2, -0.15) is 0 Å². The number of nitrogens with two attached hydrogens (primary N) is 1. The summed E-state index contributed by atoms with van der Waals surface area (Å²) in [6.45, 7) is 0. The second kappa shape index (κ2) is 6.35. The van der Waals surface area contributed by atoms with E-state index in [-0.39, 0.29) is 12.8 Å². The number of hydrogen-bond acceptors (Lipinski definition) is 5. The summed E-state index contributed by atoms with van der Waals surface area (Å²) in [5, 5.41) is 27.7. The molecule has 1 unspecified atom stereocenters. The van der Waals surface area contributed by atoms with Crippen LogP contribution in [-0.2, 0) is 19.2 Å². The molecule has 0 saturated heterocycles. The molecule has 6 N–H and O–H groups in total. The molecule has 1 atom stereocenters. The first-order valence-electron chi connectivity index (χ1n) is 4.62. The van der Waals surface area contributed by atoms with E-state index in [9.17, 15) is 19.2 Å². The lowest BCUT2D eigenvalue weighted by Crippen LogP contribution is -2.56. The van der Waals surface area contributed by atoms with Gasteiger partial charge in [-0.3, -0.25) is 9.59 Å². The molecule has 0 bridgehead atoms. The van der Waals surface area contributed by atoms with E-state index in [1.54, 1.807) is 5.32 Å². The summed E-state index contributed by atoms with van der Waals surface area (Å²) >= 11 is 0. The first kappa shape index (κ1) is 15.6. The fourth-order valence-corrected chi connectivity index (χ4v) is 0.991. The molecule has 18 heavy (non-hydrogen) atoms. The molecule has 1 amide bonds. The predicted molar refractivity (Wildman–Crippen MR) is 56.6 cm³/mol. The molecule has 0 aromatic heterocycles. The first-order chi connectivity index (χ1) is 8.27. The van der Waals surface area contributed by atoms with Crippen LogP contribution in [-0.4, -0.2) is 51.2 Å². The Morgan fingerprint density at radius 3 is 2.06 bits per heavy atom. The molecular weight excluding hydrogens is 248 g/mol. The van der Waals surface area contributed by atoms with Crippen LogP contribution in [0, 0.1) is 0 Å². The highest BCUT2D eigenvalue weighted by Gasteiger charge is 2.44. The number of carbonyl (C=O) groups is 4. The van der Waals surface area contributed by atoms with Gasteiger partial charge in [0.2, 0.25) is 6.41 Å². The highest BCUT2D eigenvalue weighted by atomic mass is 16.4. The predicted octanol–water partition coefficient (Wildman–Crippen LogP) is -2.00. The standard InChI is InChI=1S/C9H12N2O7/c10-5(6(13)14)2-1-3-9(7(15)16,8(17)18)11-4-12/h1,3-5H,2,10H2,(H,11,12)(H,13,14)(H,15,16)(H,17,18)/b3-1+. The summed E-state index contributed by atoms with van der Waals surface area (Å²) in [4.78, 5) is 42.4.